The Morgan fingerprint density at radius 1 is 1.45 bits per heavy atom. The van der Waals surface area contributed by atoms with Crippen LogP contribution in [0, 0.1) is 0 Å². The summed E-state index contributed by atoms with van der Waals surface area (Å²) in [5.41, 5.74) is -0.0134. The molecule has 2 fully saturated rings. The molecule has 20 heavy (non-hydrogen) atoms. The summed E-state index contributed by atoms with van der Waals surface area (Å²) < 4.78 is 0. The van der Waals surface area contributed by atoms with Gasteiger partial charge in [-0.3, -0.25) is 4.79 Å². The molecule has 1 saturated carbocycles. The third-order valence-electron chi connectivity index (χ3n) is 4.14. The van der Waals surface area contributed by atoms with Crippen molar-refractivity contribution in [2.45, 2.75) is 51.0 Å². The summed E-state index contributed by atoms with van der Waals surface area (Å²) in [6.07, 6.45) is 5.86. The van der Waals surface area contributed by atoms with E-state index >= 15 is 0 Å². The summed E-state index contributed by atoms with van der Waals surface area (Å²) in [6, 6.07) is 2.17. The van der Waals surface area contributed by atoms with E-state index in [9.17, 15) is 4.79 Å². The van der Waals surface area contributed by atoms with Gasteiger partial charge in [-0.1, -0.05) is 6.92 Å². The molecule has 2 N–H and O–H groups in total. The zero-order valence-corrected chi connectivity index (χ0v) is 12.2. The molecule has 3 rings (SSSR count). The van der Waals surface area contributed by atoms with Crippen molar-refractivity contribution in [2.75, 3.05) is 24.5 Å². The van der Waals surface area contributed by atoms with Crippen molar-refractivity contribution in [1.29, 1.82) is 0 Å². The van der Waals surface area contributed by atoms with Crippen LogP contribution in [0.1, 0.15) is 50.8 Å². The Kier molecular flexibility index (Phi) is 4.05. The van der Waals surface area contributed by atoms with Crippen molar-refractivity contribution in [3.63, 3.8) is 0 Å². The van der Waals surface area contributed by atoms with Crippen molar-refractivity contribution in [1.82, 2.24) is 15.3 Å². The van der Waals surface area contributed by atoms with E-state index in [0.29, 0.717) is 12.0 Å². The summed E-state index contributed by atoms with van der Waals surface area (Å²) >= 11 is 0. The Labute approximate surface area is 119 Å². The van der Waals surface area contributed by atoms with Crippen molar-refractivity contribution < 1.29 is 0 Å². The van der Waals surface area contributed by atoms with E-state index in [1.807, 2.05) is 0 Å². The van der Waals surface area contributed by atoms with Gasteiger partial charge in [0.1, 0.15) is 11.6 Å². The summed E-state index contributed by atoms with van der Waals surface area (Å²) in [7, 11) is 0. The zero-order valence-electron chi connectivity index (χ0n) is 12.2. The van der Waals surface area contributed by atoms with Crippen LogP contribution in [-0.2, 0) is 0 Å². The largest absolute Gasteiger partial charge is 0.355 e. The predicted octanol–water partition coefficient (Wildman–Crippen LogP) is 1.62. The SMILES string of the molecule is CCCNC1CCCN(c2cc(=O)[nH]c(C3CC3)n2)C1. The lowest BCUT2D eigenvalue weighted by Crippen LogP contribution is -2.46. The number of H-pyrrole nitrogens is 1. The third-order valence-corrected chi connectivity index (χ3v) is 4.14. The maximum Gasteiger partial charge on any atom is 0.252 e. The second-order valence-corrected chi connectivity index (χ2v) is 6.00. The van der Waals surface area contributed by atoms with Gasteiger partial charge in [0.05, 0.1) is 0 Å². The maximum atomic E-state index is 11.8. The Bertz CT molecular complexity index is 509. The van der Waals surface area contributed by atoms with Crippen LogP contribution in [0.2, 0.25) is 0 Å². The monoisotopic (exact) mass is 276 g/mol. The summed E-state index contributed by atoms with van der Waals surface area (Å²) in [4.78, 5) is 21.6. The fourth-order valence-corrected chi connectivity index (χ4v) is 2.88. The molecule has 0 amide bonds. The van der Waals surface area contributed by atoms with Crippen LogP contribution < -0.4 is 15.8 Å². The molecule has 0 spiro atoms. The van der Waals surface area contributed by atoms with Crippen LogP contribution in [0.15, 0.2) is 10.9 Å². The molecule has 0 bridgehead atoms. The number of piperidine rings is 1. The number of hydrogen-bond acceptors (Lipinski definition) is 4. The molecule has 1 unspecified atom stereocenters. The van der Waals surface area contributed by atoms with E-state index < -0.39 is 0 Å². The second-order valence-electron chi connectivity index (χ2n) is 6.00. The normalized spacial score (nSPS) is 23.1. The number of hydrogen-bond donors (Lipinski definition) is 2. The lowest BCUT2D eigenvalue weighted by molar-refractivity contribution is 0.421. The fourth-order valence-electron chi connectivity index (χ4n) is 2.88. The number of aromatic amines is 1. The molecule has 2 heterocycles. The molecule has 5 heteroatoms. The van der Waals surface area contributed by atoms with Gasteiger partial charge in [0.15, 0.2) is 0 Å². The van der Waals surface area contributed by atoms with Crippen LogP contribution >= 0.6 is 0 Å². The maximum absolute atomic E-state index is 11.8. The molecular formula is C15H24N4O. The van der Waals surface area contributed by atoms with E-state index in [4.69, 9.17) is 0 Å². The minimum absolute atomic E-state index is 0.0134. The molecule has 0 radical (unpaired) electrons. The minimum atomic E-state index is -0.0134. The molecule has 1 aliphatic heterocycles. The molecule has 5 nitrogen and oxygen atoms in total. The molecule has 0 aromatic carbocycles. The Hall–Kier alpha value is -1.36. The molecular weight excluding hydrogens is 252 g/mol. The van der Waals surface area contributed by atoms with Gasteiger partial charge in [0, 0.05) is 31.1 Å². The Balaban J connectivity index is 1.72. The van der Waals surface area contributed by atoms with E-state index in [1.165, 1.54) is 6.42 Å². The lowest BCUT2D eigenvalue weighted by atomic mass is 10.1. The van der Waals surface area contributed by atoms with E-state index in [0.717, 1.165) is 57.0 Å². The minimum Gasteiger partial charge on any atom is -0.355 e. The highest BCUT2D eigenvalue weighted by Gasteiger charge is 2.28. The first kappa shape index (κ1) is 13.6. The Morgan fingerprint density at radius 2 is 2.30 bits per heavy atom. The highest BCUT2D eigenvalue weighted by Crippen LogP contribution is 2.38. The zero-order chi connectivity index (χ0) is 13.9. The van der Waals surface area contributed by atoms with Gasteiger partial charge in [-0.25, -0.2) is 4.98 Å². The second kappa shape index (κ2) is 5.95. The van der Waals surface area contributed by atoms with Crippen molar-refractivity contribution >= 4 is 5.82 Å². The van der Waals surface area contributed by atoms with E-state index in [1.54, 1.807) is 6.07 Å². The highest BCUT2D eigenvalue weighted by atomic mass is 16.1. The van der Waals surface area contributed by atoms with Crippen molar-refractivity contribution in [3.8, 4) is 0 Å². The number of anilines is 1. The average Bonchev–Trinajstić information content (AvgIpc) is 3.29. The van der Waals surface area contributed by atoms with Gasteiger partial charge in [0.25, 0.3) is 5.56 Å². The number of nitrogens with one attached hydrogen (secondary N) is 2. The first-order valence-electron chi connectivity index (χ1n) is 7.86. The van der Waals surface area contributed by atoms with Gasteiger partial charge >= 0.3 is 0 Å². The molecule has 1 aromatic rings. The molecule has 1 atom stereocenters. The van der Waals surface area contributed by atoms with Gasteiger partial charge in [-0.2, -0.15) is 0 Å². The van der Waals surface area contributed by atoms with Gasteiger partial charge in [-0.05, 0) is 38.6 Å². The van der Waals surface area contributed by atoms with Gasteiger partial charge < -0.3 is 15.2 Å². The van der Waals surface area contributed by atoms with Crippen molar-refractivity contribution in [2.24, 2.45) is 0 Å². The lowest BCUT2D eigenvalue weighted by Gasteiger charge is -2.34. The number of nitrogens with zero attached hydrogens (tertiary/aromatic N) is 2. The van der Waals surface area contributed by atoms with E-state index in [-0.39, 0.29) is 5.56 Å². The van der Waals surface area contributed by atoms with Gasteiger partial charge in [0.2, 0.25) is 0 Å². The Morgan fingerprint density at radius 3 is 3.05 bits per heavy atom. The van der Waals surface area contributed by atoms with Crippen LogP contribution in [0.25, 0.3) is 0 Å². The summed E-state index contributed by atoms with van der Waals surface area (Å²) in [5.74, 6) is 2.23. The fraction of sp³-hybridized carbons (Fsp3) is 0.733. The van der Waals surface area contributed by atoms with Crippen LogP contribution in [0.3, 0.4) is 0 Å². The average molecular weight is 276 g/mol. The summed E-state index contributed by atoms with van der Waals surface area (Å²) in [6.45, 7) is 5.22. The number of rotatable bonds is 5. The number of aromatic nitrogens is 2. The van der Waals surface area contributed by atoms with Crippen molar-refractivity contribution in [3.05, 3.63) is 22.2 Å². The molecule has 110 valence electrons. The highest BCUT2D eigenvalue weighted by molar-refractivity contribution is 5.39. The molecule has 1 saturated heterocycles. The van der Waals surface area contributed by atoms with Crippen LogP contribution in [0.4, 0.5) is 5.82 Å². The standard InChI is InChI=1S/C15H24N4O/c1-2-7-16-12-4-3-8-19(10-12)13-9-14(20)18-15(17-13)11-5-6-11/h9,11-12,16H,2-8,10H2,1H3,(H,17,18,20). The van der Waals surface area contributed by atoms with E-state index in [2.05, 4.69) is 27.1 Å². The first-order chi connectivity index (χ1) is 9.76. The predicted molar refractivity (Wildman–Crippen MR) is 80.4 cm³/mol. The van der Waals surface area contributed by atoms with Crippen LogP contribution in [-0.4, -0.2) is 35.6 Å². The quantitative estimate of drug-likeness (QED) is 0.858. The van der Waals surface area contributed by atoms with Crippen LogP contribution in [0.5, 0.6) is 0 Å². The third kappa shape index (κ3) is 3.20. The molecule has 1 aromatic heterocycles. The topological polar surface area (TPSA) is 61.0 Å². The summed E-state index contributed by atoms with van der Waals surface area (Å²) in [5, 5.41) is 3.58. The smallest absolute Gasteiger partial charge is 0.252 e. The molecule has 1 aliphatic carbocycles. The first-order valence-corrected chi connectivity index (χ1v) is 7.86. The van der Waals surface area contributed by atoms with Gasteiger partial charge in [-0.15, -0.1) is 0 Å². The molecule has 2 aliphatic rings.